The van der Waals surface area contributed by atoms with Crippen LogP contribution in [0.25, 0.3) is 0 Å². The molecule has 0 unspecified atom stereocenters. The van der Waals surface area contributed by atoms with Gasteiger partial charge in [-0.25, -0.2) is 4.79 Å². The lowest BCUT2D eigenvalue weighted by Gasteiger charge is -2.05. The van der Waals surface area contributed by atoms with Gasteiger partial charge in [0, 0.05) is 11.1 Å². The molecule has 2 N–H and O–H groups in total. The lowest BCUT2D eigenvalue weighted by Crippen LogP contribution is -2.08. The van der Waals surface area contributed by atoms with E-state index in [1.54, 1.807) is 25.1 Å². The van der Waals surface area contributed by atoms with Crippen LogP contribution in [0.5, 0.6) is 5.75 Å². The number of benzene rings is 1. The number of halogens is 1. The molecule has 5 heteroatoms. The van der Waals surface area contributed by atoms with Crippen molar-refractivity contribution >= 4 is 23.5 Å². The van der Waals surface area contributed by atoms with Crippen LogP contribution in [0.4, 0.5) is 5.88 Å². The lowest BCUT2D eigenvalue weighted by molar-refractivity contribution is 0.0701. The largest absolute Gasteiger partial charge is 0.434 e. The van der Waals surface area contributed by atoms with Crippen LogP contribution in [0.3, 0.4) is 0 Å². The minimum atomic E-state index is -0.591. The summed E-state index contributed by atoms with van der Waals surface area (Å²) in [5, 5.41) is 0.588. The SMILES string of the molecule is Cc1cc(Cl)ccc1OC(=O)c1ccc(N)o1. The Morgan fingerprint density at radius 2 is 2.12 bits per heavy atom. The van der Waals surface area contributed by atoms with Crippen LogP contribution in [0, 0.1) is 6.92 Å². The van der Waals surface area contributed by atoms with E-state index in [4.69, 9.17) is 26.5 Å². The smallest absolute Gasteiger partial charge is 0.379 e. The molecule has 0 saturated carbocycles. The van der Waals surface area contributed by atoms with E-state index in [1.807, 2.05) is 0 Å². The van der Waals surface area contributed by atoms with E-state index in [0.29, 0.717) is 10.8 Å². The Balaban J connectivity index is 2.18. The van der Waals surface area contributed by atoms with Gasteiger partial charge in [-0.3, -0.25) is 0 Å². The molecule has 0 aliphatic rings. The summed E-state index contributed by atoms with van der Waals surface area (Å²) in [6.07, 6.45) is 0. The van der Waals surface area contributed by atoms with E-state index in [0.717, 1.165) is 5.56 Å². The first-order valence-corrected chi connectivity index (χ1v) is 5.27. The molecule has 4 nitrogen and oxygen atoms in total. The fourth-order valence-corrected chi connectivity index (χ4v) is 1.57. The maximum atomic E-state index is 11.7. The van der Waals surface area contributed by atoms with Crippen molar-refractivity contribution in [3.63, 3.8) is 0 Å². The Hall–Kier alpha value is -1.94. The van der Waals surface area contributed by atoms with Gasteiger partial charge in [0.1, 0.15) is 5.75 Å². The minimum Gasteiger partial charge on any atom is -0.434 e. The summed E-state index contributed by atoms with van der Waals surface area (Å²) >= 11 is 5.80. The zero-order chi connectivity index (χ0) is 12.4. The number of aryl methyl sites for hydroxylation is 1. The maximum Gasteiger partial charge on any atom is 0.379 e. The van der Waals surface area contributed by atoms with Gasteiger partial charge in [0.15, 0.2) is 5.88 Å². The molecule has 0 radical (unpaired) electrons. The van der Waals surface area contributed by atoms with Gasteiger partial charge >= 0.3 is 5.97 Å². The molecule has 1 heterocycles. The van der Waals surface area contributed by atoms with Gasteiger partial charge in [0.05, 0.1) is 0 Å². The number of hydrogen-bond donors (Lipinski definition) is 1. The van der Waals surface area contributed by atoms with E-state index in [1.165, 1.54) is 12.1 Å². The Morgan fingerprint density at radius 3 is 2.71 bits per heavy atom. The standard InChI is InChI=1S/C12H10ClNO3/c1-7-6-8(13)2-3-9(7)17-12(15)10-4-5-11(14)16-10/h2-6H,14H2,1H3. The first kappa shape index (κ1) is 11.5. The van der Waals surface area contributed by atoms with Gasteiger partial charge in [-0.2, -0.15) is 0 Å². The predicted molar refractivity (Wildman–Crippen MR) is 64.3 cm³/mol. The van der Waals surface area contributed by atoms with Crippen molar-refractivity contribution in [2.45, 2.75) is 6.92 Å². The molecular weight excluding hydrogens is 242 g/mol. The van der Waals surface area contributed by atoms with Crippen molar-refractivity contribution < 1.29 is 13.9 Å². The fraction of sp³-hybridized carbons (Fsp3) is 0.0833. The zero-order valence-electron chi connectivity index (χ0n) is 9.07. The highest BCUT2D eigenvalue weighted by atomic mass is 35.5. The summed E-state index contributed by atoms with van der Waals surface area (Å²) in [6, 6.07) is 7.93. The molecule has 2 aromatic rings. The third-order valence-corrected chi connectivity index (χ3v) is 2.40. The molecule has 0 bridgehead atoms. The number of nitrogens with two attached hydrogens (primary N) is 1. The van der Waals surface area contributed by atoms with Crippen LogP contribution in [-0.4, -0.2) is 5.97 Å². The summed E-state index contributed by atoms with van der Waals surface area (Å²) in [4.78, 5) is 11.7. The van der Waals surface area contributed by atoms with Crippen LogP contribution in [0.1, 0.15) is 16.1 Å². The van der Waals surface area contributed by atoms with E-state index in [9.17, 15) is 4.79 Å². The number of rotatable bonds is 2. The topological polar surface area (TPSA) is 65.5 Å². The van der Waals surface area contributed by atoms with Crippen molar-refractivity contribution in [2.75, 3.05) is 5.73 Å². The molecule has 88 valence electrons. The molecular formula is C12H10ClNO3. The van der Waals surface area contributed by atoms with Crippen molar-refractivity contribution in [3.8, 4) is 5.75 Å². The molecule has 17 heavy (non-hydrogen) atoms. The van der Waals surface area contributed by atoms with Crippen molar-refractivity contribution in [3.05, 3.63) is 46.7 Å². The monoisotopic (exact) mass is 251 g/mol. The highest BCUT2D eigenvalue weighted by Gasteiger charge is 2.14. The molecule has 0 amide bonds. The van der Waals surface area contributed by atoms with Crippen LogP contribution >= 0.6 is 11.6 Å². The zero-order valence-corrected chi connectivity index (χ0v) is 9.82. The molecule has 0 aliphatic carbocycles. The van der Waals surface area contributed by atoms with Gasteiger partial charge in [0.2, 0.25) is 5.76 Å². The first-order valence-electron chi connectivity index (χ1n) is 4.90. The average molecular weight is 252 g/mol. The number of hydrogen-bond acceptors (Lipinski definition) is 4. The number of carbonyl (C=O) groups excluding carboxylic acids is 1. The van der Waals surface area contributed by atoms with Crippen LogP contribution in [0.15, 0.2) is 34.7 Å². The van der Waals surface area contributed by atoms with E-state index >= 15 is 0 Å². The lowest BCUT2D eigenvalue weighted by atomic mass is 10.2. The van der Waals surface area contributed by atoms with Gasteiger partial charge in [-0.1, -0.05) is 11.6 Å². The normalized spacial score (nSPS) is 10.2. The van der Waals surface area contributed by atoms with E-state index in [2.05, 4.69) is 0 Å². The minimum absolute atomic E-state index is 0.0665. The molecule has 0 aliphatic heterocycles. The third kappa shape index (κ3) is 2.60. The fourth-order valence-electron chi connectivity index (χ4n) is 1.34. The maximum absolute atomic E-state index is 11.7. The van der Waals surface area contributed by atoms with E-state index in [-0.39, 0.29) is 11.6 Å². The van der Waals surface area contributed by atoms with E-state index < -0.39 is 5.97 Å². The van der Waals surface area contributed by atoms with Crippen LogP contribution in [-0.2, 0) is 0 Å². The Morgan fingerprint density at radius 1 is 1.35 bits per heavy atom. The van der Waals surface area contributed by atoms with Gasteiger partial charge < -0.3 is 14.9 Å². The number of esters is 1. The second-order valence-electron chi connectivity index (χ2n) is 3.50. The van der Waals surface area contributed by atoms with Crippen LogP contribution in [0.2, 0.25) is 5.02 Å². The van der Waals surface area contributed by atoms with Gasteiger partial charge in [-0.15, -0.1) is 0 Å². The molecule has 2 rings (SSSR count). The van der Waals surface area contributed by atoms with Crippen molar-refractivity contribution in [1.82, 2.24) is 0 Å². The summed E-state index contributed by atoms with van der Waals surface area (Å²) in [7, 11) is 0. The summed E-state index contributed by atoms with van der Waals surface area (Å²) in [5.41, 5.74) is 6.14. The average Bonchev–Trinajstić information content (AvgIpc) is 2.69. The Kier molecular flexibility index (Phi) is 3.06. The number of carbonyl (C=O) groups is 1. The summed E-state index contributed by atoms with van der Waals surface area (Å²) < 4.78 is 10.1. The molecule has 0 spiro atoms. The highest BCUT2D eigenvalue weighted by molar-refractivity contribution is 6.30. The Bertz CT molecular complexity index is 563. The predicted octanol–water partition coefficient (Wildman–Crippen LogP) is 3.04. The first-order chi connectivity index (χ1) is 8.06. The molecule has 1 aromatic carbocycles. The number of nitrogen functional groups attached to an aromatic ring is 1. The summed E-state index contributed by atoms with van der Waals surface area (Å²) in [5.74, 6) is 0.0862. The molecule has 0 saturated heterocycles. The number of anilines is 1. The van der Waals surface area contributed by atoms with Gasteiger partial charge in [0.25, 0.3) is 0 Å². The molecule has 0 fully saturated rings. The molecule has 1 aromatic heterocycles. The van der Waals surface area contributed by atoms with Crippen LogP contribution < -0.4 is 10.5 Å². The second-order valence-corrected chi connectivity index (χ2v) is 3.94. The third-order valence-electron chi connectivity index (χ3n) is 2.17. The second kappa shape index (κ2) is 4.51. The Labute approximate surface area is 103 Å². The van der Waals surface area contributed by atoms with Crippen molar-refractivity contribution in [2.24, 2.45) is 0 Å². The van der Waals surface area contributed by atoms with Crippen molar-refractivity contribution in [1.29, 1.82) is 0 Å². The van der Waals surface area contributed by atoms with Gasteiger partial charge in [-0.05, 0) is 36.8 Å². The summed E-state index contributed by atoms with van der Waals surface area (Å²) in [6.45, 7) is 1.80. The highest BCUT2D eigenvalue weighted by Crippen LogP contribution is 2.23. The quantitative estimate of drug-likeness (QED) is 0.658. The molecule has 0 atom stereocenters. The number of furan rings is 1. The number of ether oxygens (including phenoxy) is 1.